The Kier molecular flexibility index (Phi) is 3.87. The summed E-state index contributed by atoms with van der Waals surface area (Å²) >= 11 is 0. The molecular weight excluding hydrogens is 256 g/mol. The third-order valence-corrected chi connectivity index (χ3v) is 4.63. The zero-order valence-corrected chi connectivity index (χ0v) is 12.4. The van der Waals surface area contributed by atoms with Crippen molar-refractivity contribution in [2.75, 3.05) is 6.61 Å². The van der Waals surface area contributed by atoms with Crippen LogP contribution in [-0.4, -0.2) is 29.1 Å². The number of rotatable bonds is 4. The number of allylic oxidation sites excluding steroid dienone is 2. The maximum atomic E-state index is 12.5. The molecular formula is C16H22O4. The van der Waals surface area contributed by atoms with Crippen LogP contribution in [0.3, 0.4) is 0 Å². The van der Waals surface area contributed by atoms with E-state index in [0.717, 1.165) is 12.0 Å². The second-order valence-electron chi connectivity index (χ2n) is 5.59. The normalized spacial score (nSPS) is 32.5. The fraction of sp³-hybridized carbons (Fsp3) is 0.625. The van der Waals surface area contributed by atoms with Gasteiger partial charge in [-0.3, -0.25) is 4.79 Å². The van der Waals surface area contributed by atoms with Gasteiger partial charge in [-0.1, -0.05) is 25.0 Å². The van der Waals surface area contributed by atoms with Crippen molar-refractivity contribution in [1.29, 1.82) is 0 Å². The fourth-order valence-corrected chi connectivity index (χ4v) is 3.72. The van der Waals surface area contributed by atoms with Crippen LogP contribution in [0.5, 0.6) is 0 Å². The zero-order valence-electron chi connectivity index (χ0n) is 12.4. The van der Waals surface area contributed by atoms with Crippen LogP contribution in [-0.2, 0) is 14.3 Å². The molecule has 0 saturated heterocycles. The first-order valence-electron chi connectivity index (χ1n) is 7.26. The van der Waals surface area contributed by atoms with E-state index < -0.39 is 17.0 Å². The fourth-order valence-electron chi connectivity index (χ4n) is 3.72. The van der Waals surface area contributed by atoms with Crippen LogP contribution in [0.1, 0.15) is 46.5 Å². The second-order valence-corrected chi connectivity index (χ2v) is 5.59. The van der Waals surface area contributed by atoms with Gasteiger partial charge in [0, 0.05) is 6.42 Å². The van der Waals surface area contributed by atoms with Crippen LogP contribution in [0.4, 0.5) is 0 Å². The van der Waals surface area contributed by atoms with Crippen molar-refractivity contribution in [3.05, 3.63) is 23.3 Å². The Morgan fingerprint density at radius 2 is 2.10 bits per heavy atom. The molecule has 0 unspecified atom stereocenters. The number of carbonyl (C=O) groups excluding carboxylic acids is 2. The van der Waals surface area contributed by atoms with Gasteiger partial charge < -0.3 is 9.84 Å². The Balaban J connectivity index is 2.55. The van der Waals surface area contributed by atoms with Crippen molar-refractivity contribution in [3.63, 3.8) is 0 Å². The van der Waals surface area contributed by atoms with Gasteiger partial charge in [0.05, 0.1) is 17.6 Å². The predicted molar refractivity (Wildman–Crippen MR) is 75.0 cm³/mol. The summed E-state index contributed by atoms with van der Waals surface area (Å²) in [6.45, 7) is 5.83. The topological polar surface area (TPSA) is 63.6 Å². The van der Waals surface area contributed by atoms with Crippen LogP contribution in [0.25, 0.3) is 0 Å². The Morgan fingerprint density at radius 3 is 2.70 bits per heavy atom. The number of aliphatic hydroxyl groups is 1. The maximum absolute atomic E-state index is 12.5. The van der Waals surface area contributed by atoms with Gasteiger partial charge >= 0.3 is 5.97 Å². The van der Waals surface area contributed by atoms with E-state index in [0.29, 0.717) is 19.3 Å². The lowest BCUT2D eigenvalue weighted by molar-refractivity contribution is -0.144. The molecule has 1 fully saturated rings. The Hall–Kier alpha value is -1.42. The van der Waals surface area contributed by atoms with E-state index >= 15 is 0 Å². The molecule has 4 heteroatoms. The monoisotopic (exact) mass is 278 g/mol. The predicted octanol–water partition coefficient (Wildman–Crippen LogP) is 2.32. The Morgan fingerprint density at radius 1 is 1.40 bits per heavy atom. The van der Waals surface area contributed by atoms with Crippen LogP contribution in [0.2, 0.25) is 0 Å². The molecule has 0 radical (unpaired) electrons. The summed E-state index contributed by atoms with van der Waals surface area (Å²) in [5.41, 5.74) is -1.29. The van der Waals surface area contributed by atoms with Gasteiger partial charge in [0.1, 0.15) is 11.4 Å². The van der Waals surface area contributed by atoms with Crippen molar-refractivity contribution in [2.24, 2.45) is 5.41 Å². The molecule has 1 saturated carbocycles. The van der Waals surface area contributed by atoms with E-state index in [2.05, 4.69) is 0 Å². The molecule has 2 aliphatic rings. The molecule has 0 aromatic rings. The van der Waals surface area contributed by atoms with E-state index in [1.807, 2.05) is 13.8 Å². The lowest BCUT2D eigenvalue weighted by Gasteiger charge is -2.44. The van der Waals surface area contributed by atoms with E-state index in [1.165, 1.54) is 0 Å². The molecule has 0 heterocycles. The minimum Gasteiger partial charge on any atom is -0.463 e. The standard InChI is InChI=1S/C16H22O4/c1-4-9-15-11(3)6-7-12(14(18)20-5-2)16(15,19)10-8-13(15)17/h6-7,19H,4-5,8-10H2,1-3H3/t15-,16+/m1/s1. The SMILES string of the molecule is CCC[C@@]12C(=O)CC[C@]1(O)C(C(=O)OCC)=CC=C2C. The van der Waals surface area contributed by atoms with Crippen molar-refractivity contribution >= 4 is 11.8 Å². The van der Waals surface area contributed by atoms with Crippen molar-refractivity contribution < 1.29 is 19.4 Å². The van der Waals surface area contributed by atoms with Crippen LogP contribution >= 0.6 is 0 Å². The van der Waals surface area contributed by atoms with Crippen LogP contribution in [0.15, 0.2) is 23.3 Å². The third kappa shape index (κ3) is 1.78. The summed E-state index contributed by atoms with van der Waals surface area (Å²) in [4.78, 5) is 24.6. The Labute approximate surface area is 119 Å². The van der Waals surface area contributed by atoms with Gasteiger partial charge in [0.2, 0.25) is 0 Å². The van der Waals surface area contributed by atoms with Crippen LogP contribution in [0, 0.1) is 5.41 Å². The van der Waals surface area contributed by atoms with Crippen LogP contribution < -0.4 is 0 Å². The number of carbonyl (C=O) groups is 2. The zero-order chi connectivity index (χ0) is 15.0. The van der Waals surface area contributed by atoms with E-state index in [9.17, 15) is 14.7 Å². The molecule has 110 valence electrons. The summed E-state index contributed by atoms with van der Waals surface area (Å²) in [6, 6.07) is 0. The summed E-state index contributed by atoms with van der Waals surface area (Å²) in [5.74, 6) is -0.487. The summed E-state index contributed by atoms with van der Waals surface area (Å²) in [7, 11) is 0. The minimum atomic E-state index is -1.41. The number of fused-ring (bicyclic) bond motifs is 1. The minimum absolute atomic E-state index is 0.0329. The van der Waals surface area contributed by atoms with Gasteiger partial charge in [0.25, 0.3) is 0 Å². The summed E-state index contributed by atoms with van der Waals surface area (Å²) < 4.78 is 5.04. The highest BCUT2D eigenvalue weighted by molar-refractivity contribution is 6.00. The molecule has 0 bridgehead atoms. The molecule has 2 atom stereocenters. The van der Waals surface area contributed by atoms with Gasteiger partial charge in [-0.25, -0.2) is 4.79 Å². The van der Waals surface area contributed by atoms with E-state index in [4.69, 9.17) is 4.74 Å². The van der Waals surface area contributed by atoms with Gasteiger partial charge in [-0.05, 0) is 32.8 Å². The molecule has 2 aliphatic carbocycles. The molecule has 0 amide bonds. The molecule has 0 aliphatic heterocycles. The van der Waals surface area contributed by atoms with Crippen molar-refractivity contribution in [2.45, 2.75) is 52.1 Å². The quantitative estimate of drug-likeness (QED) is 0.802. The van der Waals surface area contributed by atoms with Gasteiger partial charge in [-0.15, -0.1) is 0 Å². The first-order chi connectivity index (χ1) is 9.44. The highest BCUT2D eigenvalue weighted by atomic mass is 16.5. The molecule has 2 rings (SSSR count). The molecule has 0 aromatic carbocycles. The van der Waals surface area contributed by atoms with E-state index in [1.54, 1.807) is 19.1 Å². The summed E-state index contributed by atoms with van der Waals surface area (Å²) in [5, 5.41) is 11.2. The maximum Gasteiger partial charge on any atom is 0.336 e. The Bertz CT molecular complexity index is 503. The number of ether oxygens (including phenoxy) is 1. The van der Waals surface area contributed by atoms with Crippen molar-refractivity contribution in [3.8, 4) is 0 Å². The average Bonchev–Trinajstić information content (AvgIpc) is 2.66. The van der Waals surface area contributed by atoms with Gasteiger partial charge in [0.15, 0.2) is 0 Å². The third-order valence-electron chi connectivity index (χ3n) is 4.63. The van der Waals surface area contributed by atoms with Gasteiger partial charge in [-0.2, -0.15) is 0 Å². The van der Waals surface area contributed by atoms with E-state index in [-0.39, 0.29) is 18.0 Å². The number of hydrogen-bond acceptors (Lipinski definition) is 4. The highest BCUT2D eigenvalue weighted by Crippen LogP contribution is 2.57. The second kappa shape index (κ2) is 5.17. The highest BCUT2D eigenvalue weighted by Gasteiger charge is 2.63. The first kappa shape index (κ1) is 15.0. The number of esters is 1. The number of hydrogen-bond donors (Lipinski definition) is 1. The summed E-state index contributed by atoms with van der Waals surface area (Å²) in [6.07, 6.45) is 5.32. The lowest BCUT2D eigenvalue weighted by Crippen LogP contribution is -2.52. The molecule has 4 nitrogen and oxygen atoms in total. The molecule has 0 spiro atoms. The average molecular weight is 278 g/mol. The number of Topliss-reactive ketones (excluding diaryl/α,β-unsaturated/α-hetero) is 1. The molecule has 20 heavy (non-hydrogen) atoms. The smallest absolute Gasteiger partial charge is 0.336 e. The lowest BCUT2D eigenvalue weighted by atomic mass is 9.61. The first-order valence-corrected chi connectivity index (χ1v) is 7.26. The van der Waals surface area contributed by atoms with Crippen molar-refractivity contribution in [1.82, 2.24) is 0 Å². The number of ketones is 1. The largest absolute Gasteiger partial charge is 0.463 e. The molecule has 1 N–H and O–H groups in total. The molecule has 0 aromatic heterocycles.